The summed E-state index contributed by atoms with van der Waals surface area (Å²) in [5.41, 5.74) is 0.654. The van der Waals surface area contributed by atoms with E-state index in [4.69, 9.17) is 14.5 Å². The molecule has 8 nitrogen and oxygen atoms in total. The van der Waals surface area contributed by atoms with Gasteiger partial charge < -0.3 is 23.8 Å². The Hall–Kier alpha value is -2.45. The van der Waals surface area contributed by atoms with E-state index in [-0.39, 0.29) is 11.9 Å². The molecule has 2 aromatic heterocycles. The molecule has 1 amide bonds. The Morgan fingerprint density at radius 1 is 1.15 bits per heavy atom. The minimum absolute atomic E-state index is 0.0221. The standard InChI is InChI=1S/C18H23N5O3/c1-21-6-2-3-14(21)18(24)23-9-12-26-13-15(23)17-19-5-4-16(20-17)22-7-10-25-11-8-22/h2-6,15H,7-13H2,1H3. The first kappa shape index (κ1) is 17.0. The van der Waals surface area contributed by atoms with Gasteiger partial charge in [-0.25, -0.2) is 9.97 Å². The van der Waals surface area contributed by atoms with Crippen molar-refractivity contribution >= 4 is 11.7 Å². The molecule has 4 heterocycles. The highest BCUT2D eigenvalue weighted by Crippen LogP contribution is 2.25. The Morgan fingerprint density at radius 3 is 2.73 bits per heavy atom. The van der Waals surface area contributed by atoms with E-state index in [1.54, 1.807) is 6.20 Å². The summed E-state index contributed by atoms with van der Waals surface area (Å²) in [4.78, 5) is 26.2. The van der Waals surface area contributed by atoms with Crippen molar-refractivity contribution < 1.29 is 14.3 Å². The van der Waals surface area contributed by atoms with Crippen molar-refractivity contribution in [2.75, 3.05) is 51.0 Å². The van der Waals surface area contributed by atoms with Crippen LogP contribution in [0.1, 0.15) is 22.4 Å². The maximum Gasteiger partial charge on any atom is 0.271 e. The number of hydrogen-bond donors (Lipinski definition) is 0. The molecule has 0 spiro atoms. The minimum Gasteiger partial charge on any atom is -0.378 e. The lowest BCUT2D eigenvalue weighted by molar-refractivity contribution is -0.00570. The molecule has 0 radical (unpaired) electrons. The lowest BCUT2D eigenvalue weighted by Crippen LogP contribution is -2.45. The van der Waals surface area contributed by atoms with E-state index in [9.17, 15) is 4.79 Å². The first-order valence-corrected chi connectivity index (χ1v) is 8.90. The van der Waals surface area contributed by atoms with Crippen LogP contribution in [0.2, 0.25) is 0 Å². The lowest BCUT2D eigenvalue weighted by atomic mass is 10.2. The first-order chi connectivity index (χ1) is 12.7. The van der Waals surface area contributed by atoms with Crippen LogP contribution in [0.4, 0.5) is 5.82 Å². The van der Waals surface area contributed by atoms with Crippen molar-refractivity contribution in [1.29, 1.82) is 0 Å². The minimum atomic E-state index is -0.285. The summed E-state index contributed by atoms with van der Waals surface area (Å²) in [7, 11) is 1.87. The summed E-state index contributed by atoms with van der Waals surface area (Å²) in [5.74, 6) is 1.47. The summed E-state index contributed by atoms with van der Waals surface area (Å²) in [6, 6.07) is 5.33. The second-order valence-corrected chi connectivity index (χ2v) is 6.47. The van der Waals surface area contributed by atoms with Crippen molar-refractivity contribution in [3.05, 3.63) is 42.1 Å². The van der Waals surface area contributed by atoms with Crippen molar-refractivity contribution in [2.24, 2.45) is 7.05 Å². The van der Waals surface area contributed by atoms with Crippen LogP contribution in [0.25, 0.3) is 0 Å². The molecule has 26 heavy (non-hydrogen) atoms. The number of aryl methyl sites for hydroxylation is 1. The highest BCUT2D eigenvalue weighted by atomic mass is 16.5. The van der Waals surface area contributed by atoms with Crippen molar-refractivity contribution in [3.8, 4) is 0 Å². The first-order valence-electron chi connectivity index (χ1n) is 8.90. The Morgan fingerprint density at radius 2 is 1.96 bits per heavy atom. The smallest absolute Gasteiger partial charge is 0.271 e. The average Bonchev–Trinajstić information content (AvgIpc) is 3.14. The molecule has 2 fully saturated rings. The number of ether oxygens (including phenoxy) is 2. The molecule has 4 rings (SSSR count). The van der Waals surface area contributed by atoms with E-state index < -0.39 is 0 Å². The molecule has 0 aliphatic carbocycles. The Kier molecular flexibility index (Phi) is 4.85. The van der Waals surface area contributed by atoms with E-state index in [0.29, 0.717) is 44.5 Å². The fourth-order valence-electron chi connectivity index (χ4n) is 3.38. The Bertz CT molecular complexity index is 772. The number of amides is 1. The van der Waals surface area contributed by atoms with Gasteiger partial charge in [0.15, 0.2) is 5.82 Å². The molecule has 0 aromatic carbocycles. The lowest BCUT2D eigenvalue weighted by Gasteiger charge is -2.35. The predicted octanol–water partition coefficient (Wildman–Crippen LogP) is 0.865. The Labute approximate surface area is 152 Å². The third-order valence-corrected chi connectivity index (χ3v) is 4.84. The number of hydrogen-bond acceptors (Lipinski definition) is 6. The maximum absolute atomic E-state index is 13.0. The van der Waals surface area contributed by atoms with Crippen LogP contribution < -0.4 is 4.90 Å². The summed E-state index contributed by atoms with van der Waals surface area (Å²) >= 11 is 0. The van der Waals surface area contributed by atoms with Crippen LogP contribution in [0.5, 0.6) is 0 Å². The number of anilines is 1. The molecule has 0 saturated carbocycles. The maximum atomic E-state index is 13.0. The fraction of sp³-hybridized carbons (Fsp3) is 0.500. The molecule has 0 bridgehead atoms. The van der Waals surface area contributed by atoms with Gasteiger partial charge in [-0.05, 0) is 18.2 Å². The second-order valence-electron chi connectivity index (χ2n) is 6.47. The molecule has 138 valence electrons. The largest absolute Gasteiger partial charge is 0.378 e. The molecule has 1 unspecified atom stereocenters. The van der Waals surface area contributed by atoms with Gasteiger partial charge in [-0.2, -0.15) is 0 Å². The SMILES string of the molecule is Cn1cccc1C(=O)N1CCOCC1c1nccc(N2CCOCC2)n1. The highest BCUT2D eigenvalue weighted by Gasteiger charge is 2.32. The van der Waals surface area contributed by atoms with Gasteiger partial charge in [-0.15, -0.1) is 0 Å². The zero-order valence-electron chi connectivity index (χ0n) is 14.9. The number of morpholine rings is 2. The third kappa shape index (κ3) is 3.30. The molecular weight excluding hydrogens is 334 g/mol. The summed E-state index contributed by atoms with van der Waals surface area (Å²) in [6.45, 7) is 4.47. The molecule has 1 atom stereocenters. The van der Waals surface area contributed by atoms with E-state index in [0.717, 1.165) is 18.9 Å². The van der Waals surface area contributed by atoms with Gasteiger partial charge in [0.25, 0.3) is 5.91 Å². The Balaban J connectivity index is 1.60. The van der Waals surface area contributed by atoms with Crippen molar-refractivity contribution in [2.45, 2.75) is 6.04 Å². The van der Waals surface area contributed by atoms with Gasteiger partial charge in [-0.3, -0.25) is 4.79 Å². The summed E-state index contributed by atoms with van der Waals surface area (Å²) < 4.78 is 12.9. The van der Waals surface area contributed by atoms with Gasteiger partial charge in [0.05, 0.1) is 26.4 Å². The number of nitrogens with zero attached hydrogens (tertiary/aromatic N) is 5. The van der Waals surface area contributed by atoms with Crippen LogP contribution in [-0.2, 0) is 16.5 Å². The quantitative estimate of drug-likeness (QED) is 0.812. The molecular formula is C18H23N5O3. The van der Waals surface area contributed by atoms with Gasteiger partial charge >= 0.3 is 0 Å². The molecule has 0 N–H and O–H groups in total. The highest BCUT2D eigenvalue weighted by molar-refractivity contribution is 5.93. The zero-order valence-corrected chi connectivity index (χ0v) is 14.9. The van der Waals surface area contributed by atoms with E-state index in [2.05, 4.69) is 9.88 Å². The molecule has 2 saturated heterocycles. The topological polar surface area (TPSA) is 72.7 Å². The monoisotopic (exact) mass is 357 g/mol. The number of carbonyl (C=O) groups is 1. The van der Waals surface area contributed by atoms with Crippen LogP contribution in [0, 0.1) is 0 Å². The third-order valence-electron chi connectivity index (χ3n) is 4.84. The van der Waals surface area contributed by atoms with Crippen molar-refractivity contribution in [3.63, 3.8) is 0 Å². The van der Waals surface area contributed by atoms with Crippen LogP contribution >= 0.6 is 0 Å². The van der Waals surface area contributed by atoms with Gasteiger partial charge in [0.2, 0.25) is 0 Å². The van der Waals surface area contributed by atoms with Crippen LogP contribution in [-0.4, -0.2) is 71.4 Å². The fourth-order valence-corrected chi connectivity index (χ4v) is 3.38. The number of rotatable bonds is 3. The van der Waals surface area contributed by atoms with Gasteiger partial charge in [0, 0.05) is 39.1 Å². The molecule has 2 aliphatic rings. The molecule has 8 heteroatoms. The van der Waals surface area contributed by atoms with Crippen LogP contribution in [0.3, 0.4) is 0 Å². The van der Waals surface area contributed by atoms with E-state index in [1.807, 2.05) is 40.9 Å². The van der Waals surface area contributed by atoms with Gasteiger partial charge in [0.1, 0.15) is 17.6 Å². The van der Waals surface area contributed by atoms with Crippen LogP contribution in [0.15, 0.2) is 30.6 Å². The normalized spacial score (nSPS) is 21.0. The molecule has 2 aromatic rings. The predicted molar refractivity (Wildman–Crippen MR) is 95.1 cm³/mol. The summed E-state index contributed by atoms with van der Waals surface area (Å²) in [6.07, 6.45) is 3.63. The van der Waals surface area contributed by atoms with Gasteiger partial charge in [-0.1, -0.05) is 0 Å². The molecule has 2 aliphatic heterocycles. The summed E-state index contributed by atoms with van der Waals surface area (Å²) in [5, 5.41) is 0. The average molecular weight is 357 g/mol. The second kappa shape index (κ2) is 7.43. The van der Waals surface area contributed by atoms with Crippen molar-refractivity contribution in [1.82, 2.24) is 19.4 Å². The number of aromatic nitrogens is 3. The van der Waals surface area contributed by atoms with E-state index in [1.165, 1.54) is 0 Å². The van der Waals surface area contributed by atoms with E-state index >= 15 is 0 Å². The zero-order chi connectivity index (χ0) is 17.9. The number of carbonyl (C=O) groups excluding carboxylic acids is 1.